The molecule has 0 spiro atoms. The van der Waals surface area contributed by atoms with E-state index in [1.165, 1.54) is 12.1 Å². The van der Waals surface area contributed by atoms with Crippen molar-refractivity contribution in [1.82, 2.24) is 15.0 Å². The average Bonchev–Trinajstić information content (AvgIpc) is 3.24. The third-order valence-electron chi connectivity index (χ3n) is 4.81. The summed E-state index contributed by atoms with van der Waals surface area (Å²) < 4.78 is 49.9. The van der Waals surface area contributed by atoms with Crippen LogP contribution < -0.4 is 14.2 Å². The van der Waals surface area contributed by atoms with E-state index in [0.717, 1.165) is 6.07 Å². The number of oxazole rings is 1. The van der Waals surface area contributed by atoms with Crippen molar-refractivity contribution in [2.75, 3.05) is 13.2 Å². The van der Waals surface area contributed by atoms with Crippen molar-refractivity contribution in [1.29, 1.82) is 0 Å². The number of fused-ring (bicyclic) bond motifs is 1. The lowest BCUT2D eigenvalue weighted by Gasteiger charge is -2.11. The van der Waals surface area contributed by atoms with E-state index in [1.54, 1.807) is 26.0 Å². The fourth-order valence-corrected chi connectivity index (χ4v) is 3.34. The monoisotopic (exact) mass is 485 g/mol. The number of halogens is 2. The van der Waals surface area contributed by atoms with Gasteiger partial charge >= 0.3 is 12.0 Å². The Morgan fingerprint density at radius 2 is 1.83 bits per heavy atom. The van der Waals surface area contributed by atoms with E-state index in [2.05, 4.69) is 15.0 Å². The van der Waals surface area contributed by atoms with Crippen molar-refractivity contribution in [3.05, 3.63) is 53.1 Å². The van der Waals surface area contributed by atoms with Crippen molar-refractivity contribution < 1.29 is 37.3 Å². The molecule has 0 aliphatic carbocycles. The first-order valence-electron chi connectivity index (χ1n) is 10.7. The van der Waals surface area contributed by atoms with Gasteiger partial charge in [0.05, 0.1) is 6.61 Å². The van der Waals surface area contributed by atoms with Crippen LogP contribution >= 0.6 is 0 Å². The second-order valence-electron chi connectivity index (χ2n) is 7.61. The van der Waals surface area contributed by atoms with Crippen LogP contribution in [0.1, 0.15) is 24.5 Å². The fraction of sp³-hybridized carbons (Fsp3) is 0.250. The van der Waals surface area contributed by atoms with Gasteiger partial charge in [-0.25, -0.2) is 14.2 Å². The topological polar surface area (TPSA) is 117 Å². The zero-order chi connectivity index (χ0) is 25.1. The van der Waals surface area contributed by atoms with E-state index in [4.69, 9.17) is 23.7 Å². The fourth-order valence-electron chi connectivity index (χ4n) is 3.34. The predicted octanol–water partition coefficient (Wildman–Crippen LogP) is 5.22. The number of benzene rings is 2. The Kier molecular flexibility index (Phi) is 6.76. The third-order valence-corrected chi connectivity index (χ3v) is 4.81. The van der Waals surface area contributed by atoms with Crippen molar-refractivity contribution in [3.8, 4) is 34.8 Å². The maximum atomic E-state index is 14.1. The molecule has 4 aromatic rings. The first-order valence-corrected chi connectivity index (χ1v) is 10.7. The molecule has 11 heteroatoms. The lowest BCUT2D eigenvalue weighted by atomic mass is 10.1. The van der Waals surface area contributed by atoms with Crippen LogP contribution in [0.3, 0.4) is 0 Å². The molecule has 1 N–H and O–H groups in total. The molecule has 2 aromatic heterocycles. The number of aliphatic carboxylic acids is 1. The smallest absolute Gasteiger partial charge is 0.341 e. The second kappa shape index (κ2) is 9.92. The first kappa shape index (κ1) is 23.9. The summed E-state index contributed by atoms with van der Waals surface area (Å²) >= 11 is 0. The molecule has 0 saturated carbocycles. The largest absolute Gasteiger partial charge is 0.481 e. The number of carboxylic acids is 1. The number of carbonyl (C=O) groups is 1. The summed E-state index contributed by atoms with van der Waals surface area (Å²) in [5.74, 6) is -3.02. The predicted molar refractivity (Wildman–Crippen MR) is 120 cm³/mol. The zero-order valence-corrected chi connectivity index (χ0v) is 19.1. The molecule has 0 aliphatic rings. The van der Waals surface area contributed by atoms with E-state index in [0.29, 0.717) is 35.5 Å². The van der Waals surface area contributed by atoms with Crippen molar-refractivity contribution in [3.63, 3.8) is 0 Å². The molecule has 0 aliphatic heterocycles. The molecule has 0 saturated heterocycles. The average molecular weight is 485 g/mol. The molecular formula is C24H21F2N3O6. The summed E-state index contributed by atoms with van der Waals surface area (Å²) in [6.45, 7) is 5.30. The number of hydrogen-bond acceptors (Lipinski definition) is 8. The molecular weight excluding hydrogens is 464 g/mol. The minimum Gasteiger partial charge on any atom is -0.481 e. The minimum atomic E-state index is -1.18. The van der Waals surface area contributed by atoms with Crippen molar-refractivity contribution >= 4 is 17.2 Å². The van der Waals surface area contributed by atoms with Crippen LogP contribution in [0, 0.1) is 25.5 Å². The summed E-state index contributed by atoms with van der Waals surface area (Å²) in [5, 5.41) is 8.88. The summed E-state index contributed by atoms with van der Waals surface area (Å²) in [4.78, 5) is 23.6. The standard InChI is InChI=1S/C24H21F2N3O6/c1-4-8-32-22-19-23(29-24(28-22)34-16-7-5-6-15(25)18(16)26)35-21(27-19)14-9-12(2)20(13(3)10-14)33-11-17(30)31/h5-7,9-10H,4,8,11H2,1-3H3,(H,30,31). The highest BCUT2D eigenvalue weighted by molar-refractivity contribution is 5.78. The lowest BCUT2D eigenvalue weighted by Crippen LogP contribution is -2.10. The summed E-state index contributed by atoms with van der Waals surface area (Å²) in [6.07, 6.45) is 0.682. The van der Waals surface area contributed by atoms with Crippen LogP contribution in [0.15, 0.2) is 34.7 Å². The van der Waals surface area contributed by atoms with E-state index < -0.39 is 30.0 Å². The first-order chi connectivity index (χ1) is 16.8. The number of carboxylic acid groups (broad SMARTS) is 1. The van der Waals surface area contributed by atoms with Crippen molar-refractivity contribution in [2.45, 2.75) is 27.2 Å². The Labute approximate surface area is 198 Å². The maximum Gasteiger partial charge on any atom is 0.341 e. The molecule has 2 aromatic carbocycles. The van der Waals surface area contributed by atoms with Crippen LogP contribution in [0.4, 0.5) is 8.78 Å². The lowest BCUT2D eigenvalue weighted by molar-refractivity contribution is -0.139. The number of aryl methyl sites for hydroxylation is 2. The van der Waals surface area contributed by atoms with E-state index >= 15 is 0 Å². The highest BCUT2D eigenvalue weighted by atomic mass is 19.2. The zero-order valence-electron chi connectivity index (χ0n) is 19.1. The van der Waals surface area contributed by atoms with Crippen molar-refractivity contribution in [2.24, 2.45) is 0 Å². The van der Waals surface area contributed by atoms with E-state index in [1.807, 2.05) is 6.92 Å². The Morgan fingerprint density at radius 1 is 1.09 bits per heavy atom. The number of rotatable bonds is 9. The van der Waals surface area contributed by atoms with Gasteiger partial charge in [0.1, 0.15) is 5.75 Å². The van der Waals surface area contributed by atoms with Gasteiger partial charge in [0.2, 0.25) is 11.7 Å². The highest BCUT2D eigenvalue weighted by Gasteiger charge is 2.21. The van der Waals surface area contributed by atoms with Crippen LogP contribution in [-0.4, -0.2) is 39.2 Å². The summed E-state index contributed by atoms with van der Waals surface area (Å²) in [7, 11) is 0. The number of nitrogens with zero attached hydrogens (tertiary/aromatic N) is 3. The third kappa shape index (κ3) is 5.13. The quantitative estimate of drug-likeness (QED) is 0.340. The van der Waals surface area contributed by atoms with Gasteiger partial charge in [-0.1, -0.05) is 13.0 Å². The normalized spacial score (nSPS) is 11.0. The Balaban J connectivity index is 1.74. The SMILES string of the molecule is CCCOc1nc(Oc2cccc(F)c2F)nc2oc(-c3cc(C)c(OCC(=O)O)c(C)c3)nc12. The van der Waals surface area contributed by atoms with Gasteiger partial charge in [0, 0.05) is 5.56 Å². The second-order valence-corrected chi connectivity index (χ2v) is 7.61. The van der Waals surface area contributed by atoms with Crippen LogP contribution in [0.5, 0.6) is 23.4 Å². The van der Waals surface area contributed by atoms with Crippen LogP contribution in [0.25, 0.3) is 22.7 Å². The number of ether oxygens (including phenoxy) is 3. The number of hydrogen-bond donors (Lipinski definition) is 1. The van der Waals surface area contributed by atoms with Gasteiger partial charge < -0.3 is 23.7 Å². The molecule has 0 amide bonds. The molecule has 4 rings (SSSR count). The van der Waals surface area contributed by atoms with Gasteiger partial charge in [-0.05, 0) is 55.7 Å². The van der Waals surface area contributed by atoms with Crippen LogP contribution in [-0.2, 0) is 4.79 Å². The Hall–Kier alpha value is -4.28. The van der Waals surface area contributed by atoms with Gasteiger partial charge in [-0.2, -0.15) is 14.4 Å². The molecule has 35 heavy (non-hydrogen) atoms. The summed E-state index contributed by atoms with van der Waals surface area (Å²) in [5.41, 5.74) is 2.20. The minimum absolute atomic E-state index is 0.0226. The highest BCUT2D eigenvalue weighted by Crippen LogP contribution is 2.34. The molecule has 2 heterocycles. The molecule has 0 radical (unpaired) electrons. The molecule has 0 atom stereocenters. The van der Waals surface area contributed by atoms with E-state index in [-0.39, 0.29) is 29.0 Å². The Morgan fingerprint density at radius 3 is 2.51 bits per heavy atom. The van der Waals surface area contributed by atoms with Crippen LogP contribution in [0.2, 0.25) is 0 Å². The van der Waals surface area contributed by atoms with Gasteiger partial charge in [0.25, 0.3) is 11.6 Å². The van der Waals surface area contributed by atoms with Gasteiger partial charge in [-0.3, -0.25) is 0 Å². The van der Waals surface area contributed by atoms with E-state index in [9.17, 15) is 13.6 Å². The molecule has 0 fully saturated rings. The molecule has 0 unspecified atom stereocenters. The Bertz CT molecular complexity index is 1380. The molecule has 182 valence electrons. The maximum absolute atomic E-state index is 14.1. The van der Waals surface area contributed by atoms with Gasteiger partial charge in [-0.15, -0.1) is 0 Å². The number of aromatic nitrogens is 3. The van der Waals surface area contributed by atoms with Gasteiger partial charge in [0.15, 0.2) is 23.7 Å². The molecule has 0 bridgehead atoms. The summed E-state index contributed by atoms with van der Waals surface area (Å²) in [6, 6.07) is 6.65. The molecule has 9 nitrogen and oxygen atoms in total.